The van der Waals surface area contributed by atoms with Gasteiger partial charge in [-0.3, -0.25) is 9.59 Å². The van der Waals surface area contributed by atoms with Gasteiger partial charge in [0.25, 0.3) is 5.91 Å². The molecular weight excluding hydrogens is 489 g/mol. The Kier molecular flexibility index (Phi) is 7.80. The molecule has 0 saturated heterocycles. The highest BCUT2D eigenvalue weighted by atomic mass is 32.1. The largest absolute Gasteiger partial charge is 0.416 e. The number of carbonyl (C=O) groups excluding carboxylic acids is 2. The number of nitrogens with zero attached hydrogens (tertiary/aromatic N) is 2. The SMILES string of the molecule is COCCN(CC(=O)N1CCc2sccc2C1c1ccc(C)cc1)C(=O)c1ccc(C(F)(F)F)cc1. The number of methoxy groups -OCH3 is 1. The molecule has 190 valence electrons. The van der Waals surface area contributed by atoms with E-state index in [1.165, 1.54) is 16.9 Å². The number of hydrogen-bond donors (Lipinski definition) is 0. The summed E-state index contributed by atoms with van der Waals surface area (Å²) in [7, 11) is 1.48. The average molecular weight is 517 g/mol. The minimum absolute atomic E-state index is 0.0840. The highest BCUT2D eigenvalue weighted by Crippen LogP contribution is 2.38. The average Bonchev–Trinajstić information content (AvgIpc) is 3.34. The summed E-state index contributed by atoms with van der Waals surface area (Å²) in [6, 6.07) is 13.9. The van der Waals surface area contributed by atoms with E-state index in [1.54, 1.807) is 16.2 Å². The molecule has 1 aromatic heterocycles. The molecule has 1 aliphatic rings. The second kappa shape index (κ2) is 10.8. The van der Waals surface area contributed by atoms with E-state index < -0.39 is 17.6 Å². The van der Waals surface area contributed by atoms with E-state index in [4.69, 9.17) is 4.74 Å². The van der Waals surface area contributed by atoms with Crippen LogP contribution in [0.4, 0.5) is 13.2 Å². The lowest BCUT2D eigenvalue weighted by Crippen LogP contribution is -2.47. The summed E-state index contributed by atoms with van der Waals surface area (Å²) >= 11 is 1.67. The lowest BCUT2D eigenvalue weighted by molar-refractivity contribution is -0.137. The lowest BCUT2D eigenvalue weighted by atomic mass is 9.92. The molecule has 2 aromatic carbocycles. The number of rotatable bonds is 7. The van der Waals surface area contributed by atoms with E-state index in [0.717, 1.165) is 47.4 Å². The molecule has 0 fully saturated rings. The molecule has 1 atom stereocenters. The Morgan fingerprint density at radius 1 is 1.08 bits per heavy atom. The monoisotopic (exact) mass is 516 g/mol. The standard InChI is InChI=1S/C27H27F3N2O3S/c1-18-3-5-19(6-4-18)25-22-12-16-36-23(22)11-13-32(25)24(33)17-31(14-15-35-2)26(34)20-7-9-21(10-8-20)27(28,29)30/h3-10,12,16,25H,11,13-15,17H2,1-2H3. The maximum Gasteiger partial charge on any atom is 0.416 e. The molecule has 0 N–H and O–H groups in total. The molecule has 5 nitrogen and oxygen atoms in total. The molecule has 9 heteroatoms. The van der Waals surface area contributed by atoms with Crippen molar-refractivity contribution in [3.63, 3.8) is 0 Å². The number of ether oxygens (including phenoxy) is 1. The molecule has 3 aromatic rings. The van der Waals surface area contributed by atoms with Crippen LogP contribution in [0.5, 0.6) is 0 Å². The van der Waals surface area contributed by atoms with Gasteiger partial charge in [0.05, 0.1) is 18.2 Å². The molecule has 2 heterocycles. The minimum atomic E-state index is -4.49. The summed E-state index contributed by atoms with van der Waals surface area (Å²) in [6.45, 7) is 2.64. The zero-order chi connectivity index (χ0) is 25.9. The zero-order valence-electron chi connectivity index (χ0n) is 20.0. The van der Waals surface area contributed by atoms with Gasteiger partial charge in [-0.15, -0.1) is 11.3 Å². The summed E-state index contributed by atoms with van der Waals surface area (Å²) in [6.07, 6.45) is -3.76. The Bertz CT molecular complexity index is 1210. The van der Waals surface area contributed by atoms with Crippen molar-refractivity contribution in [3.05, 3.63) is 92.7 Å². The smallest absolute Gasteiger partial charge is 0.383 e. The molecule has 0 aliphatic carbocycles. The third-order valence-corrected chi connectivity index (χ3v) is 7.31. The summed E-state index contributed by atoms with van der Waals surface area (Å²) in [4.78, 5) is 31.2. The molecule has 2 amide bonds. The third kappa shape index (κ3) is 5.63. The van der Waals surface area contributed by atoms with Gasteiger partial charge >= 0.3 is 6.18 Å². The highest BCUT2D eigenvalue weighted by Gasteiger charge is 2.34. The summed E-state index contributed by atoms with van der Waals surface area (Å²) in [5.41, 5.74) is 2.44. The first-order valence-electron chi connectivity index (χ1n) is 11.6. The number of aryl methyl sites for hydroxylation is 1. The van der Waals surface area contributed by atoms with Gasteiger partial charge in [-0.25, -0.2) is 0 Å². The van der Waals surface area contributed by atoms with E-state index in [9.17, 15) is 22.8 Å². The van der Waals surface area contributed by atoms with Gasteiger partial charge in [-0.05, 0) is 60.2 Å². The first-order chi connectivity index (χ1) is 17.2. The number of halogens is 3. The fourth-order valence-electron chi connectivity index (χ4n) is 4.39. The molecule has 0 spiro atoms. The number of carbonyl (C=O) groups is 2. The number of thiophene rings is 1. The minimum Gasteiger partial charge on any atom is -0.383 e. The molecule has 0 bridgehead atoms. The van der Waals surface area contributed by atoms with Crippen molar-refractivity contribution in [2.24, 2.45) is 0 Å². The Hall–Kier alpha value is -3.17. The molecule has 0 saturated carbocycles. The Labute approximate surface area is 212 Å². The zero-order valence-corrected chi connectivity index (χ0v) is 20.9. The van der Waals surface area contributed by atoms with Crippen LogP contribution < -0.4 is 0 Å². The van der Waals surface area contributed by atoms with Gasteiger partial charge in [-0.1, -0.05) is 29.8 Å². The normalized spacial score (nSPS) is 15.5. The Balaban J connectivity index is 1.58. The third-order valence-electron chi connectivity index (χ3n) is 6.32. The van der Waals surface area contributed by atoms with Crippen LogP contribution in [0.1, 0.15) is 43.5 Å². The summed E-state index contributed by atoms with van der Waals surface area (Å²) in [5, 5.41) is 2.03. The van der Waals surface area contributed by atoms with Gasteiger partial charge in [0.1, 0.15) is 6.54 Å². The number of alkyl halides is 3. The number of hydrogen-bond acceptors (Lipinski definition) is 4. The first-order valence-corrected chi connectivity index (χ1v) is 12.4. The van der Waals surface area contributed by atoms with Crippen molar-refractivity contribution in [2.75, 3.05) is 33.4 Å². The number of amides is 2. The second-order valence-corrected chi connectivity index (χ2v) is 9.74. The topological polar surface area (TPSA) is 49.9 Å². The van der Waals surface area contributed by atoms with Gasteiger partial charge in [0.15, 0.2) is 0 Å². The van der Waals surface area contributed by atoms with Crippen molar-refractivity contribution in [1.29, 1.82) is 0 Å². The summed E-state index contributed by atoms with van der Waals surface area (Å²) < 4.78 is 44.0. The summed E-state index contributed by atoms with van der Waals surface area (Å²) in [5.74, 6) is -0.747. The number of benzene rings is 2. The van der Waals surface area contributed by atoms with Crippen molar-refractivity contribution in [2.45, 2.75) is 25.6 Å². The van der Waals surface area contributed by atoms with Crippen molar-refractivity contribution < 1.29 is 27.5 Å². The van der Waals surface area contributed by atoms with Crippen LogP contribution >= 0.6 is 11.3 Å². The van der Waals surface area contributed by atoms with Crippen LogP contribution in [-0.4, -0.2) is 55.0 Å². The molecule has 36 heavy (non-hydrogen) atoms. The van der Waals surface area contributed by atoms with E-state index in [-0.39, 0.29) is 37.2 Å². The molecule has 4 rings (SSSR count). The second-order valence-electron chi connectivity index (χ2n) is 8.74. The van der Waals surface area contributed by atoms with Crippen LogP contribution in [0.15, 0.2) is 60.0 Å². The van der Waals surface area contributed by atoms with Crippen LogP contribution in [0.2, 0.25) is 0 Å². The molecule has 1 unspecified atom stereocenters. The van der Waals surface area contributed by atoms with Gasteiger partial charge in [0.2, 0.25) is 5.91 Å². The van der Waals surface area contributed by atoms with Crippen molar-refractivity contribution in [3.8, 4) is 0 Å². The highest BCUT2D eigenvalue weighted by molar-refractivity contribution is 7.10. The maximum atomic E-state index is 13.6. The molecule has 1 aliphatic heterocycles. The van der Waals surface area contributed by atoms with Crippen LogP contribution in [0.3, 0.4) is 0 Å². The first kappa shape index (κ1) is 25.9. The fraction of sp³-hybridized carbons (Fsp3) is 0.333. The Morgan fingerprint density at radius 2 is 1.78 bits per heavy atom. The van der Waals surface area contributed by atoms with Gasteiger partial charge < -0.3 is 14.5 Å². The maximum absolute atomic E-state index is 13.6. The van der Waals surface area contributed by atoms with Crippen LogP contribution in [0, 0.1) is 6.92 Å². The Morgan fingerprint density at radius 3 is 2.42 bits per heavy atom. The van der Waals surface area contributed by atoms with Gasteiger partial charge in [0, 0.05) is 30.6 Å². The lowest BCUT2D eigenvalue weighted by Gasteiger charge is -2.37. The van der Waals surface area contributed by atoms with Crippen molar-refractivity contribution >= 4 is 23.2 Å². The van der Waals surface area contributed by atoms with Crippen molar-refractivity contribution in [1.82, 2.24) is 9.80 Å². The fourth-order valence-corrected chi connectivity index (χ4v) is 5.29. The van der Waals surface area contributed by atoms with E-state index >= 15 is 0 Å². The molecule has 0 radical (unpaired) electrons. The van der Waals surface area contributed by atoms with Gasteiger partial charge in [-0.2, -0.15) is 13.2 Å². The number of fused-ring (bicyclic) bond motifs is 1. The van der Waals surface area contributed by atoms with Crippen LogP contribution in [0.25, 0.3) is 0 Å². The van der Waals surface area contributed by atoms with E-state index in [2.05, 4.69) is 0 Å². The van der Waals surface area contributed by atoms with Crippen LogP contribution in [-0.2, 0) is 22.1 Å². The quantitative estimate of drug-likeness (QED) is 0.426. The van der Waals surface area contributed by atoms with E-state index in [0.29, 0.717) is 6.54 Å². The predicted octanol–water partition coefficient (Wildman–Crippen LogP) is 5.34. The predicted molar refractivity (Wildman–Crippen MR) is 132 cm³/mol. The molecular formula is C27H27F3N2O3S. The van der Waals surface area contributed by atoms with E-state index in [1.807, 2.05) is 42.6 Å².